The average Bonchev–Trinajstić information content (AvgIpc) is 2.36. The number of aromatic amines is 1. The number of phenols is 1. The van der Waals surface area contributed by atoms with Crippen molar-refractivity contribution in [3.8, 4) is 17.1 Å². The van der Waals surface area contributed by atoms with Crippen LogP contribution in [-0.2, 0) is 6.42 Å². The quantitative estimate of drug-likeness (QED) is 0.876. The molecule has 0 fully saturated rings. The summed E-state index contributed by atoms with van der Waals surface area (Å²) in [5.41, 5.74) is 1.91. The van der Waals surface area contributed by atoms with Crippen molar-refractivity contribution in [2.45, 2.75) is 20.3 Å². The van der Waals surface area contributed by atoms with Gasteiger partial charge >= 0.3 is 0 Å². The predicted molar refractivity (Wildman–Crippen MR) is 71.1 cm³/mol. The van der Waals surface area contributed by atoms with Gasteiger partial charge in [0.2, 0.25) is 0 Å². The molecule has 0 aliphatic carbocycles. The zero-order valence-electron chi connectivity index (χ0n) is 10.1. The number of H-pyrrole nitrogens is 1. The summed E-state index contributed by atoms with van der Waals surface area (Å²) in [4.78, 5) is 18.9. The minimum atomic E-state index is -0.152. The molecule has 1 aromatic carbocycles. The molecule has 18 heavy (non-hydrogen) atoms. The highest BCUT2D eigenvalue weighted by atomic mass is 35.5. The molecule has 0 spiro atoms. The monoisotopic (exact) mass is 264 g/mol. The van der Waals surface area contributed by atoms with Crippen molar-refractivity contribution in [3.63, 3.8) is 0 Å². The van der Waals surface area contributed by atoms with E-state index in [-0.39, 0.29) is 16.3 Å². The van der Waals surface area contributed by atoms with E-state index in [0.29, 0.717) is 23.4 Å². The topological polar surface area (TPSA) is 66.0 Å². The van der Waals surface area contributed by atoms with Crippen molar-refractivity contribution < 1.29 is 5.11 Å². The number of hydrogen-bond acceptors (Lipinski definition) is 3. The lowest BCUT2D eigenvalue weighted by Crippen LogP contribution is -2.15. The van der Waals surface area contributed by atoms with Gasteiger partial charge in [-0.05, 0) is 31.5 Å². The molecule has 0 saturated carbocycles. The van der Waals surface area contributed by atoms with Crippen LogP contribution in [0.2, 0.25) is 5.02 Å². The Morgan fingerprint density at radius 1 is 1.44 bits per heavy atom. The van der Waals surface area contributed by atoms with Crippen LogP contribution in [0, 0.1) is 6.92 Å². The molecule has 0 saturated heterocycles. The molecule has 0 atom stereocenters. The number of nitrogens with one attached hydrogen (secondary N) is 1. The maximum atomic E-state index is 11.8. The molecule has 0 bridgehead atoms. The number of hydrogen-bond donors (Lipinski definition) is 2. The van der Waals surface area contributed by atoms with Crippen LogP contribution in [0.25, 0.3) is 11.4 Å². The van der Waals surface area contributed by atoms with Crippen LogP contribution in [0.1, 0.15) is 18.2 Å². The van der Waals surface area contributed by atoms with Crippen molar-refractivity contribution in [2.24, 2.45) is 0 Å². The summed E-state index contributed by atoms with van der Waals surface area (Å²) in [5, 5.41) is 9.60. The predicted octanol–water partition coefficient (Wildman–Crippen LogP) is 2.67. The Morgan fingerprint density at radius 3 is 2.78 bits per heavy atom. The Hall–Kier alpha value is -1.81. The molecule has 0 unspecified atom stereocenters. The number of aromatic hydroxyl groups is 1. The van der Waals surface area contributed by atoms with E-state index in [1.807, 2.05) is 6.92 Å². The third-order valence-electron chi connectivity index (χ3n) is 2.81. The first-order valence-electron chi connectivity index (χ1n) is 5.61. The Bertz CT molecular complexity index is 650. The molecule has 0 radical (unpaired) electrons. The number of nitrogens with zero attached hydrogens (tertiary/aromatic N) is 1. The van der Waals surface area contributed by atoms with Crippen LogP contribution in [-0.4, -0.2) is 15.1 Å². The highest BCUT2D eigenvalue weighted by molar-refractivity contribution is 6.32. The Morgan fingerprint density at radius 2 is 2.17 bits per heavy atom. The van der Waals surface area contributed by atoms with E-state index < -0.39 is 0 Å². The number of rotatable bonds is 2. The first kappa shape index (κ1) is 12.6. The molecule has 0 aliphatic rings. The molecule has 94 valence electrons. The SMILES string of the molecule is CCc1nc(-c2ccc(O)c(Cl)c2)[nH]c(=O)c1C. The largest absolute Gasteiger partial charge is 0.506 e. The van der Waals surface area contributed by atoms with Gasteiger partial charge in [-0.15, -0.1) is 0 Å². The molecule has 5 heteroatoms. The van der Waals surface area contributed by atoms with Gasteiger partial charge in [0.1, 0.15) is 11.6 Å². The molecule has 4 nitrogen and oxygen atoms in total. The number of benzene rings is 1. The normalized spacial score (nSPS) is 10.6. The zero-order valence-corrected chi connectivity index (χ0v) is 10.9. The van der Waals surface area contributed by atoms with Gasteiger partial charge in [0.15, 0.2) is 0 Å². The van der Waals surface area contributed by atoms with Gasteiger partial charge in [0, 0.05) is 11.1 Å². The first-order valence-corrected chi connectivity index (χ1v) is 5.99. The van der Waals surface area contributed by atoms with E-state index in [0.717, 1.165) is 5.69 Å². The maximum absolute atomic E-state index is 11.8. The second-order valence-corrected chi connectivity index (χ2v) is 4.41. The molecular formula is C13H13ClN2O2. The lowest BCUT2D eigenvalue weighted by Gasteiger charge is -2.06. The summed E-state index contributed by atoms with van der Waals surface area (Å²) >= 11 is 5.84. The Labute approximate surface area is 109 Å². The van der Waals surface area contributed by atoms with Crippen molar-refractivity contribution in [3.05, 3.63) is 44.8 Å². The van der Waals surface area contributed by atoms with Crippen LogP contribution in [0.4, 0.5) is 0 Å². The van der Waals surface area contributed by atoms with E-state index in [9.17, 15) is 9.90 Å². The van der Waals surface area contributed by atoms with Crippen LogP contribution in [0.3, 0.4) is 0 Å². The van der Waals surface area contributed by atoms with Crippen LogP contribution >= 0.6 is 11.6 Å². The number of halogens is 1. The Kier molecular flexibility index (Phi) is 3.39. The van der Waals surface area contributed by atoms with Crippen molar-refractivity contribution in [1.82, 2.24) is 9.97 Å². The minimum Gasteiger partial charge on any atom is -0.506 e. The molecule has 1 aromatic heterocycles. The van der Waals surface area contributed by atoms with Gasteiger partial charge in [0.05, 0.1) is 10.7 Å². The molecule has 2 aromatic rings. The van der Waals surface area contributed by atoms with Crippen LogP contribution < -0.4 is 5.56 Å². The highest BCUT2D eigenvalue weighted by Crippen LogP contribution is 2.27. The molecule has 2 rings (SSSR count). The fraction of sp³-hybridized carbons (Fsp3) is 0.231. The van der Waals surface area contributed by atoms with Crippen LogP contribution in [0.15, 0.2) is 23.0 Å². The van der Waals surface area contributed by atoms with Gasteiger partial charge in [0.25, 0.3) is 5.56 Å². The lowest BCUT2D eigenvalue weighted by molar-refractivity contribution is 0.475. The Balaban J connectivity index is 2.60. The van der Waals surface area contributed by atoms with E-state index in [1.165, 1.54) is 6.07 Å². The maximum Gasteiger partial charge on any atom is 0.254 e. The van der Waals surface area contributed by atoms with Gasteiger partial charge in [-0.2, -0.15) is 0 Å². The van der Waals surface area contributed by atoms with Gasteiger partial charge in [-0.3, -0.25) is 4.79 Å². The second kappa shape index (κ2) is 4.82. The molecule has 2 N–H and O–H groups in total. The fourth-order valence-corrected chi connectivity index (χ4v) is 1.89. The van der Waals surface area contributed by atoms with E-state index in [2.05, 4.69) is 9.97 Å². The van der Waals surface area contributed by atoms with Crippen molar-refractivity contribution in [1.29, 1.82) is 0 Å². The molecule has 0 aliphatic heterocycles. The smallest absolute Gasteiger partial charge is 0.254 e. The highest BCUT2D eigenvalue weighted by Gasteiger charge is 2.09. The minimum absolute atomic E-state index is 0.00518. The standard InChI is InChI=1S/C13H13ClN2O2/c1-3-10-7(2)13(18)16-12(15-10)8-4-5-11(17)9(14)6-8/h4-6,17H,3H2,1-2H3,(H,15,16,18). The van der Waals surface area contributed by atoms with E-state index in [4.69, 9.17) is 11.6 Å². The summed E-state index contributed by atoms with van der Waals surface area (Å²) in [6.45, 7) is 3.70. The zero-order chi connectivity index (χ0) is 13.3. The summed E-state index contributed by atoms with van der Waals surface area (Å²) in [5.74, 6) is 0.468. The van der Waals surface area contributed by atoms with E-state index >= 15 is 0 Å². The summed E-state index contributed by atoms with van der Waals surface area (Å²) in [7, 11) is 0. The number of aryl methyl sites for hydroxylation is 1. The first-order chi connectivity index (χ1) is 8.52. The third-order valence-corrected chi connectivity index (χ3v) is 3.11. The van der Waals surface area contributed by atoms with Crippen molar-refractivity contribution in [2.75, 3.05) is 0 Å². The summed E-state index contributed by atoms with van der Waals surface area (Å²) < 4.78 is 0. The van der Waals surface area contributed by atoms with Gasteiger partial charge in [-0.1, -0.05) is 18.5 Å². The summed E-state index contributed by atoms with van der Waals surface area (Å²) in [6, 6.07) is 4.71. The van der Waals surface area contributed by atoms with Gasteiger partial charge in [-0.25, -0.2) is 4.98 Å². The lowest BCUT2D eigenvalue weighted by atomic mass is 10.1. The fourth-order valence-electron chi connectivity index (χ4n) is 1.71. The van der Waals surface area contributed by atoms with E-state index in [1.54, 1.807) is 19.1 Å². The summed E-state index contributed by atoms with van der Waals surface area (Å²) in [6.07, 6.45) is 0.689. The molecular weight excluding hydrogens is 252 g/mol. The van der Waals surface area contributed by atoms with Gasteiger partial charge < -0.3 is 10.1 Å². The van der Waals surface area contributed by atoms with Crippen LogP contribution in [0.5, 0.6) is 5.75 Å². The third kappa shape index (κ3) is 2.24. The number of phenolic OH excluding ortho intramolecular Hbond substituents is 1. The molecule has 0 amide bonds. The second-order valence-electron chi connectivity index (χ2n) is 4.01. The van der Waals surface area contributed by atoms with Crippen molar-refractivity contribution >= 4 is 11.6 Å². The average molecular weight is 265 g/mol. The number of aromatic nitrogens is 2. The molecule has 1 heterocycles.